The van der Waals surface area contributed by atoms with Crippen LogP contribution in [0.3, 0.4) is 0 Å². The number of ether oxygens (including phenoxy) is 1. The Labute approximate surface area is 126 Å². The largest absolute Gasteiger partial charge is 0.469 e. The molecule has 0 saturated carbocycles. The first-order valence-corrected chi connectivity index (χ1v) is 7.94. The third-order valence-electron chi connectivity index (χ3n) is 3.88. The number of hydrogen-bond acceptors (Lipinski definition) is 5. The van der Waals surface area contributed by atoms with E-state index in [4.69, 9.17) is 10.5 Å². The number of aryl methyl sites for hydroxylation is 1. The van der Waals surface area contributed by atoms with Crippen molar-refractivity contribution in [3.8, 4) is 5.88 Å². The highest BCUT2D eigenvalue weighted by atomic mass is 32.1. The van der Waals surface area contributed by atoms with Crippen LogP contribution >= 0.6 is 11.3 Å². The summed E-state index contributed by atoms with van der Waals surface area (Å²) in [5.41, 5.74) is 8.43. The van der Waals surface area contributed by atoms with Crippen LogP contribution in [0.4, 0.5) is 5.95 Å². The summed E-state index contributed by atoms with van der Waals surface area (Å²) in [4.78, 5) is 9.41. The van der Waals surface area contributed by atoms with Gasteiger partial charge in [-0.3, -0.25) is 0 Å². The van der Waals surface area contributed by atoms with E-state index in [0.717, 1.165) is 29.5 Å². The highest BCUT2D eigenvalue weighted by molar-refractivity contribution is 7.16. The second kappa shape index (κ2) is 5.00. The van der Waals surface area contributed by atoms with Crippen LogP contribution in [0.5, 0.6) is 5.88 Å². The standard InChI is InChI=1S/C16H15N3OS/c17-16-18-14(12-8-9-21-15(12)19-16)20-13-7-3-5-10-4-1-2-6-11(10)13/h1-2,4,6,8-9,13H,3,5,7H2,(H2,17,18,19). The molecule has 1 aromatic carbocycles. The lowest BCUT2D eigenvalue weighted by molar-refractivity contribution is 0.178. The Kier molecular flexibility index (Phi) is 3.00. The lowest BCUT2D eigenvalue weighted by Gasteiger charge is -2.26. The van der Waals surface area contributed by atoms with Gasteiger partial charge in [0, 0.05) is 0 Å². The zero-order valence-electron chi connectivity index (χ0n) is 11.5. The molecule has 0 saturated heterocycles. The summed E-state index contributed by atoms with van der Waals surface area (Å²) in [6.07, 6.45) is 3.31. The quantitative estimate of drug-likeness (QED) is 0.783. The van der Waals surface area contributed by atoms with E-state index in [-0.39, 0.29) is 12.1 Å². The first-order valence-electron chi connectivity index (χ1n) is 7.06. The zero-order chi connectivity index (χ0) is 14.2. The number of anilines is 1. The maximum atomic E-state index is 6.21. The molecule has 2 N–H and O–H groups in total. The van der Waals surface area contributed by atoms with Gasteiger partial charge in [-0.1, -0.05) is 24.3 Å². The molecule has 1 aliphatic rings. The summed E-state index contributed by atoms with van der Waals surface area (Å²) in [5.74, 6) is 0.865. The lowest BCUT2D eigenvalue weighted by Crippen LogP contribution is -2.16. The zero-order valence-corrected chi connectivity index (χ0v) is 12.3. The van der Waals surface area contributed by atoms with Gasteiger partial charge < -0.3 is 10.5 Å². The van der Waals surface area contributed by atoms with Crippen LogP contribution < -0.4 is 10.5 Å². The fraction of sp³-hybridized carbons (Fsp3) is 0.250. The van der Waals surface area contributed by atoms with Gasteiger partial charge in [0.25, 0.3) is 0 Å². The van der Waals surface area contributed by atoms with Crippen molar-refractivity contribution in [2.24, 2.45) is 0 Å². The van der Waals surface area contributed by atoms with E-state index in [9.17, 15) is 0 Å². The third-order valence-corrected chi connectivity index (χ3v) is 4.68. The molecule has 0 aliphatic heterocycles. The predicted molar refractivity (Wildman–Crippen MR) is 84.6 cm³/mol. The summed E-state index contributed by atoms with van der Waals surface area (Å²) < 4.78 is 6.21. The fourth-order valence-corrected chi connectivity index (χ4v) is 3.66. The average molecular weight is 297 g/mol. The highest BCUT2D eigenvalue weighted by Crippen LogP contribution is 2.36. The van der Waals surface area contributed by atoms with Crippen molar-refractivity contribution in [3.63, 3.8) is 0 Å². The second-order valence-corrected chi connectivity index (χ2v) is 6.12. The summed E-state index contributed by atoms with van der Waals surface area (Å²) in [6, 6.07) is 10.5. The molecular weight excluding hydrogens is 282 g/mol. The number of benzene rings is 1. The molecule has 0 spiro atoms. The van der Waals surface area contributed by atoms with Crippen LogP contribution in [-0.2, 0) is 6.42 Å². The van der Waals surface area contributed by atoms with Gasteiger partial charge in [-0.05, 0) is 41.8 Å². The first kappa shape index (κ1) is 12.6. The maximum Gasteiger partial charge on any atom is 0.227 e. The molecule has 4 nitrogen and oxygen atoms in total. The van der Waals surface area contributed by atoms with E-state index >= 15 is 0 Å². The molecule has 3 aromatic rings. The van der Waals surface area contributed by atoms with Crippen molar-refractivity contribution in [2.45, 2.75) is 25.4 Å². The van der Waals surface area contributed by atoms with E-state index in [2.05, 4.69) is 34.2 Å². The van der Waals surface area contributed by atoms with Gasteiger partial charge in [0.05, 0.1) is 5.39 Å². The monoisotopic (exact) mass is 297 g/mol. The van der Waals surface area contributed by atoms with Crippen molar-refractivity contribution in [1.29, 1.82) is 0 Å². The molecule has 2 aromatic heterocycles. The number of nitrogens with zero attached hydrogens (tertiary/aromatic N) is 2. The third kappa shape index (κ3) is 2.23. The van der Waals surface area contributed by atoms with E-state index in [1.54, 1.807) is 11.3 Å². The molecule has 5 heteroatoms. The van der Waals surface area contributed by atoms with E-state index in [1.165, 1.54) is 11.1 Å². The number of fused-ring (bicyclic) bond motifs is 2. The van der Waals surface area contributed by atoms with Gasteiger partial charge in [0.2, 0.25) is 11.8 Å². The van der Waals surface area contributed by atoms with Crippen molar-refractivity contribution in [2.75, 3.05) is 5.73 Å². The van der Waals surface area contributed by atoms with Crippen molar-refractivity contribution in [1.82, 2.24) is 9.97 Å². The van der Waals surface area contributed by atoms with Gasteiger partial charge in [0.1, 0.15) is 10.9 Å². The van der Waals surface area contributed by atoms with Crippen molar-refractivity contribution >= 4 is 27.5 Å². The Balaban J connectivity index is 1.74. The van der Waals surface area contributed by atoms with E-state index in [0.29, 0.717) is 5.88 Å². The van der Waals surface area contributed by atoms with Gasteiger partial charge in [0.15, 0.2) is 0 Å². The smallest absolute Gasteiger partial charge is 0.227 e. The fourth-order valence-electron chi connectivity index (χ4n) is 2.90. The number of rotatable bonds is 2. The second-order valence-electron chi connectivity index (χ2n) is 5.22. The summed E-state index contributed by atoms with van der Waals surface area (Å²) in [7, 11) is 0. The van der Waals surface area contributed by atoms with Gasteiger partial charge in [-0.25, -0.2) is 4.98 Å². The Hall–Kier alpha value is -2.14. The van der Waals surface area contributed by atoms with Crippen LogP contribution in [0, 0.1) is 0 Å². The summed E-state index contributed by atoms with van der Waals surface area (Å²) in [6.45, 7) is 0. The molecule has 106 valence electrons. The van der Waals surface area contributed by atoms with E-state index in [1.807, 2.05) is 11.4 Å². The molecule has 4 rings (SSSR count). The Morgan fingerprint density at radius 1 is 1.19 bits per heavy atom. The normalized spacial score (nSPS) is 17.6. The Bertz CT molecular complexity index is 799. The summed E-state index contributed by atoms with van der Waals surface area (Å²) in [5, 5.41) is 2.93. The molecule has 1 aliphatic carbocycles. The van der Waals surface area contributed by atoms with Crippen LogP contribution in [0.25, 0.3) is 10.2 Å². The maximum absolute atomic E-state index is 6.21. The van der Waals surface area contributed by atoms with Crippen molar-refractivity contribution in [3.05, 3.63) is 46.8 Å². The SMILES string of the molecule is Nc1nc(OC2CCCc3ccccc32)c2ccsc2n1. The molecule has 2 heterocycles. The molecule has 0 bridgehead atoms. The van der Waals surface area contributed by atoms with Gasteiger partial charge >= 0.3 is 0 Å². The van der Waals surface area contributed by atoms with Crippen LogP contribution in [-0.4, -0.2) is 9.97 Å². The molecule has 1 unspecified atom stereocenters. The Morgan fingerprint density at radius 3 is 3.05 bits per heavy atom. The van der Waals surface area contributed by atoms with Gasteiger partial charge in [-0.2, -0.15) is 4.98 Å². The van der Waals surface area contributed by atoms with Crippen LogP contribution in [0.1, 0.15) is 30.1 Å². The van der Waals surface area contributed by atoms with Crippen molar-refractivity contribution < 1.29 is 4.74 Å². The van der Waals surface area contributed by atoms with Crippen LogP contribution in [0.15, 0.2) is 35.7 Å². The van der Waals surface area contributed by atoms with E-state index < -0.39 is 0 Å². The minimum Gasteiger partial charge on any atom is -0.469 e. The number of nitrogen functional groups attached to an aromatic ring is 1. The molecule has 0 amide bonds. The summed E-state index contributed by atoms with van der Waals surface area (Å²) >= 11 is 1.55. The Morgan fingerprint density at radius 2 is 2.10 bits per heavy atom. The highest BCUT2D eigenvalue weighted by Gasteiger charge is 2.23. The minimum absolute atomic E-state index is 0.0485. The molecular formula is C16H15N3OS. The predicted octanol–water partition coefficient (Wildman–Crippen LogP) is 3.73. The average Bonchev–Trinajstić information content (AvgIpc) is 2.96. The number of thiophene rings is 1. The van der Waals surface area contributed by atoms with Gasteiger partial charge in [-0.15, -0.1) is 11.3 Å². The minimum atomic E-state index is 0.0485. The first-order chi connectivity index (χ1) is 10.3. The number of aromatic nitrogens is 2. The van der Waals surface area contributed by atoms with Crippen LogP contribution in [0.2, 0.25) is 0 Å². The number of nitrogens with two attached hydrogens (primary N) is 1. The topological polar surface area (TPSA) is 61.0 Å². The molecule has 0 radical (unpaired) electrons. The molecule has 21 heavy (non-hydrogen) atoms. The molecule has 1 atom stereocenters. The molecule has 0 fully saturated rings. The number of hydrogen-bond donors (Lipinski definition) is 1. The lowest BCUT2D eigenvalue weighted by atomic mass is 9.89.